The van der Waals surface area contributed by atoms with Crippen LogP contribution in [0.4, 0.5) is 0 Å². The van der Waals surface area contributed by atoms with Crippen LogP contribution in [0.25, 0.3) is 0 Å². The highest BCUT2D eigenvalue weighted by Gasteiger charge is 2.09. The minimum atomic E-state index is 0.241. The molecule has 0 aromatic carbocycles. The molecule has 0 aliphatic carbocycles. The number of aryl methyl sites for hydroxylation is 1. The third-order valence-electron chi connectivity index (χ3n) is 3.12. The molecule has 0 saturated carbocycles. The van der Waals surface area contributed by atoms with Crippen LogP contribution in [-0.4, -0.2) is 21.9 Å². The molecule has 0 radical (unpaired) electrons. The molecule has 5 nitrogen and oxygen atoms in total. The summed E-state index contributed by atoms with van der Waals surface area (Å²) in [5.74, 6) is 0.673. The number of aromatic nitrogens is 3. The standard InChI is InChI=1S/C14H20N4O/c1-4-18-10-13(9-17-18)11(2)16-8-12-6-5-7-15-14(12)19-3/h5-7,9-11,16H,4,8H2,1-3H3. The van der Waals surface area contributed by atoms with Gasteiger partial charge in [-0.15, -0.1) is 0 Å². The van der Waals surface area contributed by atoms with E-state index in [0.717, 1.165) is 18.7 Å². The molecule has 1 atom stereocenters. The maximum Gasteiger partial charge on any atom is 0.217 e. The Bertz CT molecular complexity index is 524. The fraction of sp³-hybridized carbons (Fsp3) is 0.429. The van der Waals surface area contributed by atoms with E-state index in [1.54, 1.807) is 13.3 Å². The van der Waals surface area contributed by atoms with Crippen molar-refractivity contribution in [3.63, 3.8) is 0 Å². The highest BCUT2D eigenvalue weighted by molar-refractivity contribution is 5.25. The van der Waals surface area contributed by atoms with Crippen molar-refractivity contribution in [1.29, 1.82) is 0 Å². The molecule has 102 valence electrons. The number of nitrogens with zero attached hydrogens (tertiary/aromatic N) is 3. The predicted octanol–water partition coefficient (Wildman–Crippen LogP) is 2.16. The lowest BCUT2D eigenvalue weighted by molar-refractivity contribution is 0.389. The Labute approximate surface area is 113 Å². The molecule has 0 saturated heterocycles. The molecule has 5 heteroatoms. The van der Waals surface area contributed by atoms with Crippen molar-refractivity contribution in [3.8, 4) is 5.88 Å². The molecular formula is C14H20N4O. The summed E-state index contributed by atoms with van der Waals surface area (Å²) in [5.41, 5.74) is 2.24. The molecule has 2 aromatic heterocycles. The quantitative estimate of drug-likeness (QED) is 0.864. The van der Waals surface area contributed by atoms with Crippen molar-refractivity contribution in [3.05, 3.63) is 41.9 Å². The summed E-state index contributed by atoms with van der Waals surface area (Å²) in [6.45, 7) is 5.81. The first-order valence-corrected chi connectivity index (χ1v) is 6.48. The van der Waals surface area contributed by atoms with Gasteiger partial charge in [-0.2, -0.15) is 5.10 Å². The SMILES string of the molecule is CCn1cc(C(C)NCc2cccnc2OC)cn1. The summed E-state index contributed by atoms with van der Waals surface area (Å²) in [5, 5.41) is 7.74. The van der Waals surface area contributed by atoms with Crippen molar-refractivity contribution in [2.45, 2.75) is 33.0 Å². The molecule has 19 heavy (non-hydrogen) atoms. The number of hydrogen-bond donors (Lipinski definition) is 1. The average Bonchev–Trinajstić information content (AvgIpc) is 2.94. The van der Waals surface area contributed by atoms with Gasteiger partial charge in [-0.1, -0.05) is 6.07 Å². The Morgan fingerprint density at radius 2 is 2.32 bits per heavy atom. The lowest BCUT2D eigenvalue weighted by Crippen LogP contribution is -2.18. The highest BCUT2D eigenvalue weighted by Crippen LogP contribution is 2.16. The topological polar surface area (TPSA) is 52.0 Å². The van der Waals surface area contributed by atoms with E-state index >= 15 is 0 Å². The predicted molar refractivity (Wildman–Crippen MR) is 73.9 cm³/mol. The van der Waals surface area contributed by atoms with Gasteiger partial charge in [0.05, 0.1) is 13.3 Å². The Morgan fingerprint density at radius 1 is 1.47 bits per heavy atom. The van der Waals surface area contributed by atoms with Crippen molar-refractivity contribution in [2.24, 2.45) is 0 Å². The van der Waals surface area contributed by atoms with Gasteiger partial charge >= 0.3 is 0 Å². The van der Waals surface area contributed by atoms with Gasteiger partial charge in [-0.3, -0.25) is 4.68 Å². The number of ether oxygens (including phenoxy) is 1. The smallest absolute Gasteiger partial charge is 0.217 e. The summed E-state index contributed by atoms with van der Waals surface area (Å²) < 4.78 is 7.17. The van der Waals surface area contributed by atoms with Crippen molar-refractivity contribution >= 4 is 0 Å². The molecule has 1 unspecified atom stereocenters. The van der Waals surface area contributed by atoms with Crippen molar-refractivity contribution in [1.82, 2.24) is 20.1 Å². The second-order valence-electron chi connectivity index (χ2n) is 4.40. The molecular weight excluding hydrogens is 240 g/mol. The van der Waals surface area contributed by atoms with E-state index in [2.05, 4.69) is 35.4 Å². The molecule has 1 N–H and O–H groups in total. The van der Waals surface area contributed by atoms with E-state index in [9.17, 15) is 0 Å². The summed E-state index contributed by atoms with van der Waals surface area (Å²) >= 11 is 0. The highest BCUT2D eigenvalue weighted by atomic mass is 16.5. The van der Waals surface area contributed by atoms with E-state index in [1.807, 2.05) is 23.0 Å². The first-order valence-electron chi connectivity index (χ1n) is 6.48. The molecule has 0 amide bonds. The lowest BCUT2D eigenvalue weighted by atomic mass is 10.2. The first kappa shape index (κ1) is 13.5. The van der Waals surface area contributed by atoms with Gasteiger partial charge < -0.3 is 10.1 Å². The van der Waals surface area contributed by atoms with Crippen LogP contribution < -0.4 is 10.1 Å². The van der Waals surface area contributed by atoms with Crippen LogP contribution in [0, 0.1) is 0 Å². The average molecular weight is 260 g/mol. The minimum absolute atomic E-state index is 0.241. The van der Waals surface area contributed by atoms with Gasteiger partial charge in [0.15, 0.2) is 0 Å². The number of hydrogen-bond acceptors (Lipinski definition) is 4. The van der Waals surface area contributed by atoms with Gasteiger partial charge in [-0.05, 0) is 19.9 Å². The Kier molecular flexibility index (Phi) is 4.52. The molecule has 0 aliphatic rings. The summed E-state index contributed by atoms with van der Waals surface area (Å²) in [6, 6.07) is 4.17. The van der Waals surface area contributed by atoms with E-state index in [1.165, 1.54) is 5.56 Å². The van der Waals surface area contributed by atoms with Crippen LogP contribution in [0.15, 0.2) is 30.7 Å². The summed E-state index contributed by atoms with van der Waals surface area (Å²) in [6.07, 6.45) is 5.71. The van der Waals surface area contributed by atoms with E-state index in [0.29, 0.717) is 5.88 Å². The molecule has 0 aliphatic heterocycles. The Balaban J connectivity index is 1.98. The fourth-order valence-corrected chi connectivity index (χ4v) is 1.90. The third-order valence-corrected chi connectivity index (χ3v) is 3.12. The van der Waals surface area contributed by atoms with Crippen molar-refractivity contribution in [2.75, 3.05) is 7.11 Å². The van der Waals surface area contributed by atoms with Crippen LogP contribution >= 0.6 is 0 Å². The van der Waals surface area contributed by atoms with Crippen molar-refractivity contribution < 1.29 is 4.74 Å². The normalized spacial score (nSPS) is 12.4. The van der Waals surface area contributed by atoms with Gasteiger partial charge in [0.2, 0.25) is 5.88 Å². The van der Waals surface area contributed by atoms with Gasteiger partial charge in [0.1, 0.15) is 0 Å². The van der Waals surface area contributed by atoms with Crippen LogP contribution in [0.1, 0.15) is 31.0 Å². The summed E-state index contributed by atoms with van der Waals surface area (Å²) in [7, 11) is 1.64. The Morgan fingerprint density at radius 3 is 3.00 bits per heavy atom. The van der Waals surface area contributed by atoms with Gasteiger partial charge in [-0.25, -0.2) is 4.98 Å². The van der Waals surface area contributed by atoms with Gasteiger partial charge in [0, 0.05) is 42.7 Å². The van der Waals surface area contributed by atoms with Crippen LogP contribution in [0.5, 0.6) is 5.88 Å². The molecule has 2 rings (SSSR count). The zero-order chi connectivity index (χ0) is 13.7. The van der Waals surface area contributed by atoms with Crippen LogP contribution in [-0.2, 0) is 13.1 Å². The Hall–Kier alpha value is -1.88. The maximum atomic E-state index is 5.24. The molecule has 0 bridgehead atoms. The fourth-order valence-electron chi connectivity index (χ4n) is 1.90. The molecule has 2 aromatic rings. The monoisotopic (exact) mass is 260 g/mol. The van der Waals surface area contributed by atoms with E-state index < -0.39 is 0 Å². The largest absolute Gasteiger partial charge is 0.481 e. The molecule has 0 fully saturated rings. The molecule has 2 heterocycles. The van der Waals surface area contributed by atoms with E-state index in [4.69, 9.17) is 4.74 Å². The maximum absolute atomic E-state index is 5.24. The molecule has 0 spiro atoms. The van der Waals surface area contributed by atoms with E-state index in [-0.39, 0.29) is 6.04 Å². The van der Waals surface area contributed by atoms with Gasteiger partial charge in [0.25, 0.3) is 0 Å². The first-order chi connectivity index (χ1) is 9.24. The number of methoxy groups -OCH3 is 1. The number of rotatable bonds is 6. The zero-order valence-corrected chi connectivity index (χ0v) is 11.6. The number of pyridine rings is 1. The van der Waals surface area contributed by atoms with Crippen LogP contribution in [0.2, 0.25) is 0 Å². The minimum Gasteiger partial charge on any atom is -0.481 e. The second-order valence-corrected chi connectivity index (χ2v) is 4.40. The zero-order valence-electron chi connectivity index (χ0n) is 11.6. The number of nitrogens with one attached hydrogen (secondary N) is 1. The third kappa shape index (κ3) is 3.32. The summed E-state index contributed by atoms with van der Waals surface area (Å²) in [4.78, 5) is 4.19. The second kappa shape index (κ2) is 6.33. The lowest BCUT2D eigenvalue weighted by Gasteiger charge is -2.13. The van der Waals surface area contributed by atoms with Crippen LogP contribution in [0.3, 0.4) is 0 Å².